The molecule has 3 nitrogen and oxygen atoms in total. The van der Waals surface area contributed by atoms with Crippen LogP contribution in [0.4, 0.5) is 4.39 Å². The van der Waals surface area contributed by atoms with Gasteiger partial charge in [0.15, 0.2) is 6.10 Å². The number of rotatable bonds is 3. The van der Waals surface area contributed by atoms with E-state index in [9.17, 15) is 14.3 Å². The maximum atomic E-state index is 12.5. The summed E-state index contributed by atoms with van der Waals surface area (Å²) in [5.41, 5.74) is 0.548. The summed E-state index contributed by atoms with van der Waals surface area (Å²) in [5.74, 6) is -0.786. The number of hydrogen-bond acceptors (Lipinski definition) is 3. The lowest BCUT2D eigenvalue weighted by Crippen LogP contribution is -2.14. The van der Waals surface area contributed by atoms with Gasteiger partial charge in [0.05, 0.1) is 7.11 Å². The molecule has 1 atom stereocenters. The largest absolute Gasteiger partial charge is 0.467 e. The number of methoxy groups -OCH3 is 1. The molecule has 0 amide bonds. The van der Waals surface area contributed by atoms with Gasteiger partial charge in [0.2, 0.25) is 0 Å². The lowest BCUT2D eigenvalue weighted by molar-refractivity contribution is -0.150. The van der Waals surface area contributed by atoms with E-state index in [1.54, 1.807) is 12.1 Å². The standard InChI is InChI=1S/C10H11FO3/c1-14-10(13)9(12)8-5-3-2-4-7(8)6-11/h2-5,9,12H,6H2,1H3. The minimum Gasteiger partial charge on any atom is -0.467 e. The third-order valence-electron chi connectivity index (χ3n) is 1.92. The first-order chi connectivity index (χ1) is 6.70. The molecule has 1 rings (SSSR count). The number of aliphatic hydroxyl groups is 1. The Labute approximate surface area is 81.1 Å². The van der Waals surface area contributed by atoms with Gasteiger partial charge in [-0.05, 0) is 11.1 Å². The Morgan fingerprint density at radius 2 is 2.21 bits per heavy atom. The van der Waals surface area contributed by atoms with Crippen LogP contribution in [0.15, 0.2) is 24.3 Å². The molecule has 0 aliphatic heterocycles. The highest BCUT2D eigenvalue weighted by Crippen LogP contribution is 2.19. The van der Waals surface area contributed by atoms with Crippen LogP contribution in [-0.2, 0) is 16.2 Å². The molecular formula is C10H11FO3. The van der Waals surface area contributed by atoms with Gasteiger partial charge in [0.1, 0.15) is 6.67 Å². The first-order valence-electron chi connectivity index (χ1n) is 4.10. The van der Waals surface area contributed by atoms with Gasteiger partial charge in [-0.3, -0.25) is 0 Å². The number of aliphatic hydroxyl groups excluding tert-OH is 1. The van der Waals surface area contributed by atoms with E-state index in [-0.39, 0.29) is 5.56 Å². The average Bonchev–Trinajstić information content (AvgIpc) is 2.26. The van der Waals surface area contributed by atoms with Gasteiger partial charge in [-0.25, -0.2) is 9.18 Å². The maximum absolute atomic E-state index is 12.5. The van der Waals surface area contributed by atoms with E-state index in [0.29, 0.717) is 5.56 Å². The van der Waals surface area contributed by atoms with E-state index in [1.165, 1.54) is 19.2 Å². The highest BCUT2D eigenvalue weighted by Gasteiger charge is 2.20. The second kappa shape index (κ2) is 4.72. The summed E-state index contributed by atoms with van der Waals surface area (Å²) in [5, 5.41) is 9.46. The van der Waals surface area contributed by atoms with Gasteiger partial charge < -0.3 is 9.84 Å². The molecular weight excluding hydrogens is 187 g/mol. The zero-order valence-corrected chi connectivity index (χ0v) is 7.74. The van der Waals surface area contributed by atoms with Crippen LogP contribution in [0, 0.1) is 0 Å². The maximum Gasteiger partial charge on any atom is 0.339 e. The third-order valence-corrected chi connectivity index (χ3v) is 1.92. The zero-order chi connectivity index (χ0) is 10.6. The molecule has 0 aromatic heterocycles. The Balaban J connectivity index is 2.99. The van der Waals surface area contributed by atoms with E-state index in [0.717, 1.165) is 0 Å². The number of carbonyl (C=O) groups is 1. The van der Waals surface area contributed by atoms with E-state index in [1.807, 2.05) is 0 Å². The lowest BCUT2D eigenvalue weighted by Gasteiger charge is -2.11. The number of esters is 1. The topological polar surface area (TPSA) is 46.5 Å². The van der Waals surface area contributed by atoms with Crippen molar-refractivity contribution in [3.63, 3.8) is 0 Å². The molecule has 1 N–H and O–H groups in total. The monoisotopic (exact) mass is 198 g/mol. The Hall–Kier alpha value is -1.42. The second-order valence-electron chi connectivity index (χ2n) is 2.76. The fourth-order valence-corrected chi connectivity index (χ4v) is 1.16. The molecule has 14 heavy (non-hydrogen) atoms. The smallest absolute Gasteiger partial charge is 0.339 e. The quantitative estimate of drug-likeness (QED) is 0.746. The predicted molar refractivity (Wildman–Crippen MR) is 48.2 cm³/mol. The highest BCUT2D eigenvalue weighted by molar-refractivity contribution is 5.76. The Bertz CT molecular complexity index is 325. The van der Waals surface area contributed by atoms with Crippen LogP contribution in [-0.4, -0.2) is 18.2 Å². The van der Waals surface area contributed by atoms with Crippen molar-refractivity contribution in [2.75, 3.05) is 7.11 Å². The van der Waals surface area contributed by atoms with Gasteiger partial charge in [0, 0.05) is 0 Å². The van der Waals surface area contributed by atoms with Crippen molar-refractivity contribution in [3.8, 4) is 0 Å². The molecule has 76 valence electrons. The van der Waals surface area contributed by atoms with Crippen LogP contribution in [0.2, 0.25) is 0 Å². The summed E-state index contributed by atoms with van der Waals surface area (Å²) in [6.07, 6.45) is -1.41. The SMILES string of the molecule is COC(=O)C(O)c1ccccc1CF. The molecule has 1 aromatic rings. The fourth-order valence-electron chi connectivity index (χ4n) is 1.16. The molecule has 0 aliphatic carbocycles. The second-order valence-corrected chi connectivity index (χ2v) is 2.76. The van der Waals surface area contributed by atoms with Gasteiger partial charge >= 0.3 is 5.97 Å². The summed E-state index contributed by atoms with van der Waals surface area (Å²) >= 11 is 0. The van der Waals surface area contributed by atoms with Crippen molar-refractivity contribution in [2.24, 2.45) is 0 Å². The Morgan fingerprint density at radius 3 is 2.79 bits per heavy atom. The number of ether oxygens (including phenoxy) is 1. The number of carbonyl (C=O) groups excluding carboxylic acids is 1. The summed E-state index contributed by atoms with van der Waals surface area (Å²) in [6.45, 7) is -0.718. The van der Waals surface area contributed by atoms with Crippen molar-refractivity contribution in [2.45, 2.75) is 12.8 Å². The van der Waals surface area contributed by atoms with Crippen molar-refractivity contribution < 1.29 is 19.0 Å². The normalized spacial score (nSPS) is 12.2. The number of benzene rings is 1. The van der Waals surface area contributed by atoms with Gasteiger partial charge in [-0.2, -0.15) is 0 Å². The van der Waals surface area contributed by atoms with Crippen molar-refractivity contribution in [3.05, 3.63) is 35.4 Å². The fraction of sp³-hybridized carbons (Fsp3) is 0.300. The van der Waals surface area contributed by atoms with Crippen LogP contribution in [0.5, 0.6) is 0 Å². The minimum atomic E-state index is -1.41. The molecule has 0 saturated heterocycles. The van der Waals surface area contributed by atoms with Crippen molar-refractivity contribution >= 4 is 5.97 Å². The summed E-state index contributed by atoms with van der Waals surface area (Å²) in [6, 6.07) is 6.28. The van der Waals surface area contributed by atoms with E-state index >= 15 is 0 Å². The summed E-state index contributed by atoms with van der Waals surface area (Å²) in [4.78, 5) is 11.0. The molecule has 1 aromatic carbocycles. The average molecular weight is 198 g/mol. The van der Waals surface area contributed by atoms with Crippen LogP contribution in [0.3, 0.4) is 0 Å². The van der Waals surface area contributed by atoms with Crippen LogP contribution < -0.4 is 0 Å². The molecule has 0 radical (unpaired) electrons. The summed E-state index contributed by atoms with van der Waals surface area (Å²) < 4.78 is 16.8. The van der Waals surface area contributed by atoms with Crippen LogP contribution >= 0.6 is 0 Å². The first kappa shape index (κ1) is 10.7. The molecule has 0 saturated carbocycles. The van der Waals surface area contributed by atoms with Crippen molar-refractivity contribution in [1.29, 1.82) is 0 Å². The molecule has 0 aliphatic rings. The molecule has 4 heteroatoms. The molecule has 0 heterocycles. The number of alkyl halides is 1. The van der Waals surface area contributed by atoms with E-state index in [2.05, 4.69) is 4.74 Å². The zero-order valence-electron chi connectivity index (χ0n) is 7.74. The Morgan fingerprint density at radius 1 is 1.57 bits per heavy atom. The van der Waals surface area contributed by atoms with Crippen molar-refractivity contribution in [1.82, 2.24) is 0 Å². The lowest BCUT2D eigenvalue weighted by atomic mass is 10.0. The van der Waals surface area contributed by atoms with Crippen LogP contribution in [0.25, 0.3) is 0 Å². The third kappa shape index (κ3) is 2.09. The Kier molecular flexibility index (Phi) is 3.59. The molecule has 0 spiro atoms. The highest BCUT2D eigenvalue weighted by atomic mass is 19.1. The number of halogens is 1. The van der Waals surface area contributed by atoms with Gasteiger partial charge in [-0.1, -0.05) is 24.3 Å². The van der Waals surface area contributed by atoms with Crippen LogP contribution in [0.1, 0.15) is 17.2 Å². The van der Waals surface area contributed by atoms with Gasteiger partial charge in [-0.15, -0.1) is 0 Å². The van der Waals surface area contributed by atoms with E-state index in [4.69, 9.17) is 0 Å². The molecule has 0 fully saturated rings. The first-order valence-corrected chi connectivity index (χ1v) is 4.10. The summed E-state index contributed by atoms with van der Waals surface area (Å²) in [7, 11) is 1.17. The minimum absolute atomic E-state index is 0.252. The molecule has 1 unspecified atom stereocenters. The molecule has 0 bridgehead atoms. The predicted octanol–water partition coefficient (Wildman–Crippen LogP) is 1.36. The van der Waals surface area contributed by atoms with E-state index < -0.39 is 18.7 Å². The number of hydrogen-bond donors (Lipinski definition) is 1. The van der Waals surface area contributed by atoms with Gasteiger partial charge in [0.25, 0.3) is 0 Å².